The van der Waals surface area contributed by atoms with E-state index in [9.17, 15) is 8.78 Å². The van der Waals surface area contributed by atoms with Crippen LogP contribution in [0.1, 0.15) is 32.3 Å². The van der Waals surface area contributed by atoms with E-state index in [4.69, 9.17) is 0 Å². The molecule has 1 rings (SSSR count). The van der Waals surface area contributed by atoms with Crippen LogP contribution in [0.3, 0.4) is 0 Å². The van der Waals surface area contributed by atoms with Crippen molar-refractivity contribution in [3.63, 3.8) is 0 Å². The first kappa shape index (κ1) is 15.6. The van der Waals surface area contributed by atoms with E-state index < -0.39 is 11.6 Å². The third kappa shape index (κ3) is 4.02. The Morgan fingerprint density at radius 3 is 2.50 bits per heavy atom. The average molecular weight is 320 g/mol. The molecule has 0 fully saturated rings. The summed E-state index contributed by atoms with van der Waals surface area (Å²) in [4.78, 5) is 0. The Labute approximate surface area is 116 Å². The minimum Gasteiger partial charge on any atom is -0.317 e. The minimum absolute atomic E-state index is 0.183. The van der Waals surface area contributed by atoms with Gasteiger partial charge in [0.1, 0.15) is 11.6 Å². The molecule has 0 saturated heterocycles. The predicted molar refractivity (Wildman–Crippen MR) is 74.7 cm³/mol. The van der Waals surface area contributed by atoms with Crippen LogP contribution >= 0.6 is 15.9 Å². The van der Waals surface area contributed by atoms with E-state index in [1.54, 1.807) is 0 Å². The summed E-state index contributed by atoms with van der Waals surface area (Å²) in [6.45, 7) is 4.28. The van der Waals surface area contributed by atoms with Gasteiger partial charge in [-0.3, -0.25) is 0 Å². The van der Waals surface area contributed by atoms with Crippen molar-refractivity contribution in [2.75, 3.05) is 7.05 Å². The predicted octanol–water partition coefficient (Wildman–Crippen LogP) is 4.29. The second-order valence-electron chi connectivity index (χ2n) is 4.85. The summed E-state index contributed by atoms with van der Waals surface area (Å²) in [6, 6.07) is 3.10. The van der Waals surface area contributed by atoms with Crippen LogP contribution in [0.4, 0.5) is 8.78 Å². The van der Waals surface area contributed by atoms with E-state index in [1.165, 1.54) is 12.1 Å². The molecule has 0 saturated carbocycles. The van der Waals surface area contributed by atoms with E-state index in [0.29, 0.717) is 22.9 Å². The monoisotopic (exact) mass is 319 g/mol. The van der Waals surface area contributed by atoms with Gasteiger partial charge in [0.15, 0.2) is 0 Å². The van der Waals surface area contributed by atoms with Gasteiger partial charge in [0.05, 0.1) is 4.47 Å². The molecule has 0 spiro atoms. The normalized spacial score (nSPS) is 13.1. The molecule has 0 aliphatic carbocycles. The zero-order chi connectivity index (χ0) is 13.7. The highest BCUT2D eigenvalue weighted by atomic mass is 79.9. The van der Waals surface area contributed by atoms with Crippen LogP contribution in [-0.2, 0) is 6.42 Å². The van der Waals surface area contributed by atoms with Crippen LogP contribution in [0.2, 0.25) is 0 Å². The van der Waals surface area contributed by atoms with Crippen molar-refractivity contribution in [3.8, 4) is 0 Å². The van der Waals surface area contributed by atoms with Gasteiger partial charge >= 0.3 is 0 Å². The fourth-order valence-corrected chi connectivity index (χ4v) is 2.48. The van der Waals surface area contributed by atoms with Crippen molar-refractivity contribution >= 4 is 15.9 Å². The zero-order valence-corrected chi connectivity index (χ0v) is 12.7. The summed E-state index contributed by atoms with van der Waals surface area (Å²) >= 11 is 3.08. The van der Waals surface area contributed by atoms with Gasteiger partial charge in [-0.05, 0) is 60.3 Å². The second-order valence-corrected chi connectivity index (χ2v) is 5.71. The van der Waals surface area contributed by atoms with Crippen molar-refractivity contribution in [2.45, 2.75) is 39.2 Å². The van der Waals surface area contributed by atoms with Gasteiger partial charge in [-0.15, -0.1) is 0 Å². The summed E-state index contributed by atoms with van der Waals surface area (Å²) in [7, 11) is 1.92. The lowest BCUT2D eigenvalue weighted by atomic mass is 9.97. The lowest BCUT2D eigenvalue weighted by molar-refractivity contribution is 0.391. The summed E-state index contributed by atoms with van der Waals surface area (Å²) in [6.07, 6.45) is 2.12. The highest BCUT2D eigenvalue weighted by Crippen LogP contribution is 2.23. The van der Waals surface area contributed by atoms with Crippen LogP contribution < -0.4 is 5.32 Å². The van der Waals surface area contributed by atoms with E-state index in [2.05, 4.69) is 35.1 Å². The first-order valence-electron chi connectivity index (χ1n) is 6.27. The van der Waals surface area contributed by atoms with Crippen molar-refractivity contribution < 1.29 is 8.78 Å². The third-order valence-corrected chi connectivity index (χ3v) is 3.87. The van der Waals surface area contributed by atoms with E-state index in [0.717, 1.165) is 12.8 Å². The molecular weight excluding hydrogens is 300 g/mol. The van der Waals surface area contributed by atoms with Gasteiger partial charge in [0.2, 0.25) is 0 Å². The fraction of sp³-hybridized carbons (Fsp3) is 0.571. The molecule has 0 amide bonds. The molecule has 0 bridgehead atoms. The Morgan fingerprint density at radius 2 is 1.94 bits per heavy atom. The SMILES string of the molecule is CNC(CCCc1c(F)ccc(Br)c1F)C(C)C. The van der Waals surface area contributed by atoms with Crippen molar-refractivity contribution in [2.24, 2.45) is 5.92 Å². The average Bonchev–Trinajstić information content (AvgIpc) is 2.33. The van der Waals surface area contributed by atoms with Crippen LogP contribution in [0.5, 0.6) is 0 Å². The summed E-state index contributed by atoms with van der Waals surface area (Å²) in [5, 5.41) is 3.23. The Bertz CT molecular complexity index is 394. The highest BCUT2D eigenvalue weighted by molar-refractivity contribution is 9.10. The number of hydrogen-bond donors (Lipinski definition) is 1. The molecule has 0 radical (unpaired) electrons. The topological polar surface area (TPSA) is 12.0 Å². The zero-order valence-electron chi connectivity index (χ0n) is 11.1. The molecule has 1 aromatic carbocycles. The number of halogens is 3. The molecule has 0 aromatic heterocycles. The molecule has 1 aromatic rings. The van der Waals surface area contributed by atoms with Crippen LogP contribution in [0, 0.1) is 17.6 Å². The van der Waals surface area contributed by atoms with Crippen LogP contribution in [0.25, 0.3) is 0 Å². The Balaban J connectivity index is 2.61. The lowest BCUT2D eigenvalue weighted by Crippen LogP contribution is -2.30. The van der Waals surface area contributed by atoms with E-state index in [1.807, 2.05) is 7.05 Å². The summed E-state index contributed by atoms with van der Waals surface area (Å²) in [5.74, 6) is -0.408. The van der Waals surface area contributed by atoms with Gasteiger partial charge in [0.25, 0.3) is 0 Å². The quantitative estimate of drug-likeness (QED) is 0.771. The Kier molecular flexibility index (Phi) is 6.22. The number of rotatable bonds is 6. The fourth-order valence-electron chi connectivity index (χ4n) is 2.11. The molecule has 0 aliphatic rings. The molecule has 102 valence electrons. The molecule has 1 nitrogen and oxygen atoms in total. The standard InChI is InChI=1S/C14H20BrF2N/c1-9(2)13(18-3)6-4-5-10-12(16)8-7-11(15)14(10)17/h7-9,13,18H,4-6H2,1-3H3. The first-order chi connectivity index (χ1) is 8.47. The molecule has 18 heavy (non-hydrogen) atoms. The lowest BCUT2D eigenvalue weighted by Gasteiger charge is -2.20. The Morgan fingerprint density at radius 1 is 1.28 bits per heavy atom. The molecule has 1 N–H and O–H groups in total. The van der Waals surface area contributed by atoms with Gasteiger partial charge in [-0.25, -0.2) is 8.78 Å². The van der Waals surface area contributed by atoms with Crippen molar-refractivity contribution in [3.05, 3.63) is 33.8 Å². The summed E-state index contributed by atoms with van der Waals surface area (Å²) < 4.78 is 27.6. The van der Waals surface area contributed by atoms with Crippen LogP contribution in [-0.4, -0.2) is 13.1 Å². The van der Waals surface area contributed by atoms with Gasteiger partial charge < -0.3 is 5.32 Å². The van der Waals surface area contributed by atoms with Gasteiger partial charge in [-0.1, -0.05) is 13.8 Å². The summed E-state index contributed by atoms with van der Waals surface area (Å²) in [5.41, 5.74) is 0.183. The maximum Gasteiger partial charge on any atom is 0.143 e. The van der Waals surface area contributed by atoms with Crippen LogP contribution in [0.15, 0.2) is 16.6 Å². The maximum atomic E-state index is 13.7. The smallest absolute Gasteiger partial charge is 0.143 e. The van der Waals surface area contributed by atoms with Crippen molar-refractivity contribution in [1.82, 2.24) is 5.32 Å². The number of hydrogen-bond acceptors (Lipinski definition) is 1. The minimum atomic E-state index is -0.472. The maximum absolute atomic E-state index is 13.7. The van der Waals surface area contributed by atoms with Gasteiger partial charge in [-0.2, -0.15) is 0 Å². The molecule has 4 heteroatoms. The van der Waals surface area contributed by atoms with Crippen molar-refractivity contribution in [1.29, 1.82) is 0 Å². The van der Waals surface area contributed by atoms with Gasteiger partial charge in [0, 0.05) is 11.6 Å². The van der Waals surface area contributed by atoms with E-state index >= 15 is 0 Å². The molecule has 0 aliphatic heterocycles. The second kappa shape index (κ2) is 7.19. The van der Waals surface area contributed by atoms with E-state index in [-0.39, 0.29) is 5.56 Å². The Hall–Kier alpha value is -0.480. The third-order valence-electron chi connectivity index (χ3n) is 3.26. The molecule has 1 unspecified atom stereocenters. The largest absolute Gasteiger partial charge is 0.317 e. The molecule has 1 atom stereocenters. The first-order valence-corrected chi connectivity index (χ1v) is 7.06. The molecular formula is C14H20BrF2N. The number of nitrogens with one attached hydrogen (secondary N) is 1. The highest BCUT2D eigenvalue weighted by Gasteiger charge is 2.14. The number of benzene rings is 1. The molecule has 0 heterocycles.